The summed E-state index contributed by atoms with van der Waals surface area (Å²) in [4.78, 5) is 11.8. The normalized spacial score (nSPS) is 12.3. The van der Waals surface area contributed by atoms with Crippen LogP contribution in [0.4, 0.5) is 0 Å². The average molecular weight is 250 g/mol. The molecule has 100 valence electrons. The molecule has 1 unspecified atom stereocenters. The summed E-state index contributed by atoms with van der Waals surface area (Å²) in [5, 5.41) is 0. The van der Waals surface area contributed by atoms with E-state index in [1.807, 2.05) is 25.1 Å². The number of amides is 1. The predicted molar refractivity (Wildman–Crippen MR) is 72.7 cm³/mol. The highest BCUT2D eigenvalue weighted by atomic mass is 16.5. The minimum absolute atomic E-state index is 0.0758. The number of hydrogen-bond donors (Lipinski definition) is 2. The Morgan fingerprint density at radius 2 is 1.94 bits per heavy atom. The highest BCUT2D eigenvalue weighted by Gasteiger charge is 2.19. The first-order chi connectivity index (χ1) is 8.51. The molecular weight excluding hydrogens is 228 g/mol. The van der Waals surface area contributed by atoms with E-state index in [0.29, 0.717) is 5.92 Å². The molecule has 0 aliphatic carbocycles. The highest BCUT2D eigenvalue weighted by Crippen LogP contribution is 2.30. The fraction of sp³-hybridized carbons (Fsp3) is 0.500. The van der Waals surface area contributed by atoms with Crippen molar-refractivity contribution in [2.45, 2.75) is 32.6 Å². The molecule has 0 aromatic heterocycles. The maximum Gasteiger partial charge on any atom is 0.241 e. The van der Waals surface area contributed by atoms with Crippen LogP contribution in [0.1, 0.15) is 43.7 Å². The van der Waals surface area contributed by atoms with E-state index in [0.717, 1.165) is 11.3 Å². The van der Waals surface area contributed by atoms with E-state index in [2.05, 4.69) is 24.7 Å². The molecule has 0 aliphatic heterocycles. The summed E-state index contributed by atoms with van der Waals surface area (Å²) in [6, 6.07) is 6.02. The topological polar surface area (TPSA) is 50.4 Å². The van der Waals surface area contributed by atoms with Gasteiger partial charge in [-0.05, 0) is 24.5 Å². The van der Waals surface area contributed by atoms with E-state index in [9.17, 15) is 4.79 Å². The second-order valence-corrected chi connectivity index (χ2v) is 4.62. The van der Waals surface area contributed by atoms with Gasteiger partial charge in [-0.3, -0.25) is 10.2 Å². The van der Waals surface area contributed by atoms with E-state index in [4.69, 9.17) is 4.74 Å². The molecule has 2 N–H and O–H groups in total. The van der Waals surface area contributed by atoms with Crippen LogP contribution < -0.4 is 15.6 Å². The number of carbonyl (C=O) groups is 1. The Labute approximate surface area is 109 Å². The molecule has 1 aromatic carbocycles. The van der Waals surface area contributed by atoms with Crippen LogP contribution in [0.3, 0.4) is 0 Å². The second kappa shape index (κ2) is 6.40. The molecule has 0 heterocycles. The molecule has 0 saturated heterocycles. The molecule has 1 atom stereocenters. The van der Waals surface area contributed by atoms with Crippen molar-refractivity contribution in [1.82, 2.24) is 10.9 Å². The van der Waals surface area contributed by atoms with Crippen molar-refractivity contribution in [3.63, 3.8) is 0 Å². The van der Waals surface area contributed by atoms with Crippen LogP contribution in [0.15, 0.2) is 18.2 Å². The lowest BCUT2D eigenvalue weighted by Crippen LogP contribution is -2.37. The molecule has 1 amide bonds. The summed E-state index contributed by atoms with van der Waals surface area (Å²) in [6.07, 6.45) is 0. The van der Waals surface area contributed by atoms with Crippen molar-refractivity contribution >= 4 is 5.91 Å². The molecular formula is C14H22N2O2. The lowest BCUT2D eigenvalue weighted by Gasteiger charge is -2.17. The van der Waals surface area contributed by atoms with Gasteiger partial charge in [0.25, 0.3) is 0 Å². The van der Waals surface area contributed by atoms with Crippen LogP contribution in [0, 0.1) is 0 Å². The van der Waals surface area contributed by atoms with E-state index in [1.165, 1.54) is 5.56 Å². The Kier molecular flexibility index (Phi) is 5.16. The fourth-order valence-electron chi connectivity index (χ4n) is 1.82. The quantitative estimate of drug-likeness (QED) is 0.787. The number of nitrogens with one attached hydrogen (secondary N) is 2. The summed E-state index contributed by atoms with van der Waals surface area (Å²) in [6.45, 7) is 6.12. The number of rotatable bonds is 5. The summed E-state index contributed by atoms with van der Waals surface area (Å²) in [7, 11) is 3.30. The molecule has 0 radical (unpaired) electrons. The zero-order chi connectivity index (χ0) is 13.7. The van der Waals surface area contributed by atoms with E-state index < -0.39 is 0 Å². The molecule has 0 spiro atoms. The Bertz CT molecular complexity index is 416. The zero-order valence-corrected chi connectivity index (χ0v) is 11.7. The van der Waals surface area contributed by atoms with Crippen molar-refractivity contribution in [2.75, 3.05) is 14.2 Å². The van der Waals surface area contributed by atoms with Crippen LogP contribution >= 0.6 is 0 Å². The maximum absolute atomic E-state index is 11.8. The Hall–Kier alpha value is -1.55. The minimum Gasteiger partial charge on any atom is -0.496 e. The largest absolute Gasteiger partial charge is 0.496 e. The average Bonchev–Trinajstić information content (AvgIpc) is 2.37. The van der Waals surface area contributed by atoms with E-state index >= 15 is 0 Å². The first-order valence-corrected chi connectivity index (χ1v) is 6.15. The van der Waals surface area contributed by atoms with Gasteiger partial charge in [-0.15, -0.1) is 0 Å². The molecule has 1 rings (SSSR count). The Morgan fingerprint density at radius 3 is 2.44 bits per heavy atom. The van der Waals surface area contributed by atoms with Crippen LogP contribution in [0.5, 0.6) is 5.75 Å². The lowest BCUT2D eigenvalue weighted by atomic mass is 9.94. The number of carbonyl (C=O) groups excluding carboxylic acids is 1. The fourth-order valence-corrected chi connectivity index (χ4v) is 1.82. The van der Waals surface area contributed by atoms with Gasteiger partial charge in [-0.25, -0.2) is 5.43 Å². The van der Waals surface area contributed by atoms with E-state index in [1.54, 1.807) is 14.2 Å². The van der Waals surface area contributed by atoms with Crippen molar-refractivity contribution in [1.29, 1.82) is 0 Å². The summed E-state index contributed by atoms with van der Waals surface area (Å²) < 4.78 is 5.39. The number of benzene rings is 1. The SMILES string of the molecule is CNNC(=O)C(C)c1ccc(C(C)C)cc1OC. The third-order valence-corrected chi connectivity index (χ3v) is 3.03. The van der Waals surface area contributed by atoms with Crippen LogP contribution in [0.2, 0.25) is 0 Å². The smallest absolute Gasteiger partial charge is 0.241 e. The third-order valence-electron chi connectivity index (χ3n) is 3.03. The van der Waals surface area contributed by atoms with Gasteiger partial charge in [0.2, 0.25) is 5.91 Å². The number of hydrazine groups is 1. The monoisotopic (exact) mass is 250 g/mol. The van der Waals surface area contributed by atoms with Gasteiger partial charge in [-0.1, -0.05) is 26.0 Å². The van der Waals surface area contributed by atoms with Crippen LogP contribution in [-0.2, 0) is 4.79 Å². The summed E-state index contributed by atoms with van der Waals surface area (Å²) >= 11 is 0. The molecule has 1 aromatic rings. The standard InChI is InChI=1S/C14H22N2O2/c1-9(2)11-6-7-12(13(8-11)18-5)10(3)14(17)16-15-4/h6-10,15H,1-5H3,(H,16,17). The second-order valence-electron chi connectivity index (χ2n) is 4.62. The van der Waals surface area contributed by atoms with Crippen molar-refractivity contribution in [2.24, 2.45) is 0 Å². The summed E-state index contributed by atoms with van der Waals surface area (Å²) in [5.74, 6) is 0.871. The van der Waals surface area contributed by atoms with Crippen molar-refractivity contribution in [3.05, 3.63) is 29.3 Å². The lowest BCUT2D eigenvalue weighted by molar-refractivity contribution is -0.123. The van der Waals surface area contributed by atoms with Gasteiger partial charge in [-0.2, -0.15) is 0 Å². The van der Waals surface area contributed by atoms with Gasteiger partial charge >= 0.3 is 0 Å². The highest BCUT2D eigenvalue weighted by molar-refractivity contribution is 5.83. The summed E-state index contributed by atoms with van der Waals surface area (Å²) in [5.41, 5.74) is 7.34. The van der Waals surface area contributed by atoms with Gasteiger partial charge in [0, 0.05) is 12.6 Å². The predicted octanol–water partition coefficient (Wildman–Crippen LogP) is 2.17. The van der Waals surface area contributed by atoms with E-state index in [-0.39, 0.29) is 11.8 Å². The number of hydrogen-bond acceptors (Lipinski definition) is 3. The molecule has 4 heteroatoms. The minimum atomic E-state index is -0.256. The molecule has 0 saturated carbocycles. The number of methoxy groups -OCH3 is 1. The van der Waals surface area contributed by atoms with Gasteiger partial charge in [0.15, 0.2) is 0 Å². The third kappa shape index (κ3) is 3.23. The Morgan fingerprint density at radius 1 is 1.28 bits per heavy atom. The molecule has 18 heavy (non-hydrogen) atoms. The maximum atomic E-state index is 11.8. The van der Waals surface area contributed by atoms with Gasteiger partial charge < -0.3 is 4.74 Å². The van der Waals surface area contributed by atoms with Crippen molar-refractivity contribution in [3.8, 4) is 5.75 Å². The molecule has 0 fully saturated rings. The Balaban J connectivity index is 3.05. The zero-order valence-electron chi connectivity index (χ0n) is 11.7. The molecule has 0 aliphatic rings. The molecule has 4 nitrogen and oxygen atoms in total. The first-order valence-electron chi connectivity index (χ1n) is 6.15. The van der Waals surface area contributed by atoms with Crippen LogP contribution in [-0.4, -0.2) is 20.1 Å². The number of ether oxygens (including phenoxy) is 1. The van der Waals surface area contributed by atoms with Crippen LogP contribution in [0.25, 0.3) is 0 Å². The van der Waals surface area contributed by atoms with Gasteiger partial charge in [0.1, 0.15) is 5.75 Å². The molecule has 0 bridgehead atoms. The van der Waals surface area contributed by atoms with Gasteiger partial charge in [0.05, 0.1) is 13.0 Å². The first kappa shape index (κ1) is 14.5. The van der Waals surface area contributed by atoms with Crippen molar-refractivity contribution < 1.29 is 9.53 Å².